The van der Waals surface area contributed by atoms with Crippen molar-refractivity contribution in [3.8, 4) is 0 Å². The number of hydrogen-bond donors (Lipinski definition) is 2. The molecule has 2 rings (SSSR count). The first-order valence-electron chi connectivity index (χ1n) is 4.71. The number of carbonyl (C=O) groups is 1. The molecule has 0 aromatic carbocycles. The van der Waals surface area contributed by atoms with Crippen molar-refractivity contribution in [3.05, 3.63) is 17.0 Å². The smallest absolute Gasteiger partial charge is 0.320 e. The van der Waals surface area contributed by atoms with E-state index in [4.69, 9.17) is 20.1 Å². The Bertz CT molecular complexity index is 374. The highest BCUT2D eigenvalue weighted by Gasteiger charge is 2.23. The lowest BCUT2D eigenvalue weighted by Gasteiger charge is -2.11. The van der Waals surface area contributed by atoms with E-state index < -0.39 is 12.0 Å². The number of carboxylic acids is 1. The first-order valence-corrected chi connectivity index (χ1v) is 4.71. The molecule has 6 heteroatoms. The molecule has 1 aromatic heterocycles. The number of rotatable bonds is 3. The minimum atomic E-state index is -1.04. The van der Waals surface area contributed by atoms with E-state index in [0.29, 0.717) is 25.4 Å². The molecule has 1 aliphatic heterocycles. The van der Waals surface area contributed by atoms with Crippen molar-refractivity contribution in [2.24, 2.45) is 5.73 Å². The van der Waals surface area contributed by atoms with Gasteiger partial charge in [0.05, 0.1) is 18.9 Å². The number of nitrogens with zero attached hydrogens (tertiary/aromatic N) is 1. The van der Waals surface area contributed by atoms with E-state index in [0.717, 1.165) is 11.3 Å². The summed E-state index contributed by atoms with van der Waals surface area (Å²) in [5, 5.41) is 12.5. The van der Waals surface area contributed by atoms with Gasteiger partial charge in [-0.1, -0.05) is 5.16 Å². The van der Waals surface area contributed by atoms with E-state index in [1.165, 1.54) is 0 Å². The average Bonchev–Trinajstić information content (AvgIpc) is 2.62. The molecule has 0 amide bonds. The van der Waals surface area contributed by atoms with Gasteiger partial charge in [-0.3, -0.25) is 4.79 Å². The lowest BCUT2D eigenvalue weighted by molar-refractivity contribution is -0.138. The van der Waals surface area contributed by atoms with Crippen molar-refractivity contribution in [3.63, 3.8) is 0 Å². The maximum absolute atomic E-state index is 10.6. The second-order valence-corrected chi connectivity index (χ2v) is 3.48. The van der Waals surface area contributed by atoms with Crippen molar-refractivity contribution < 1.29 is 19.2 Å². The minimum Gasteiger partial charge on any atom is -0.480 e. The summed E-state index contributed by atoms with van der Waals surface area (Å²) in [5.41, 5.74) is 7.13. The van der Waals surface area contributed by atoms with Crippen molar-refractivity contribution in [2.45, 2.75) is 25.5 Å². The van der Waals surface area contributed by atoms with Gasteiger partial charge in [0.1, 0.15) is 11.8 Å². The van der Waals surface area contributed by atoms with Crippen molar-refractivity contribution in [1.29, 1.82) is 0 Å². The Kier molecular flexibility index (Phi) is 2.70. The maximum Gasteiger partial charge on any atom is 0.320 e. The standard InChI is InChI=1S/C9H12N2O4/c10-6(9(12)13)3-8-5-4-14-2-1-7(5)11-15-8/h6H,1-4,10H2,(H,12,13). The molecule has 1 aliphatic rings. The Balaban J connectivity index is 2.15. The van der Waals surface area contributed by atoms with Gasteiger partial charge in [0, 0.05) is 18.4 Å². The van der Waals surface area contributed by atoms with E-state index in [9.17, 15) is 4.79 Å². The third-order valence-electron chi connectivity index (χ3n) is 2.40. The number of carboxylic acid groups (broad SMARTS) is 1. The molecule has 0 aliphatic carbocycles. The normalized spacial score (nSPS) is 17.1. The van der Waals surface area contributed by atoms with Crippen molar-refractivity contribution in [1.82, 2.24) is 5.16 Å². The Morgan fingerprint density at radius 3 is 3.20 bits per heavy atom. The molecule has 3 N–H and O–H groups in total. The zero-order valence-electron chi connectivity index (χ0n) is 8.10. The number of fused-ring (bicyclic) bond motifs is 1. The Hall–Kier alpha value is -1.40. The van der Waals surface area contributed by atoms with E-state index >= 15 is 0 Å². The lowest BCUT2D eigenvalue weighted by Crippen LogP contribution is -2.32. The van der Waals surface area contributed by atoms with Crippen LogP contribution >= 0.6 is 0 Å². The summed E-state index contributed by atoms with van der Waals surface area (Å²) in [7, 11) is 0. The first kappa shape index (κ1) is 10.1. The summed E-state index contributed by atoms with van der Waals surface area (Å²) in [6.07, 6.45) is 0.863. The molecule has 2 heterocycles. The molecule has 0 spiro atoms. The van der Waals surface area contributed by atoms with Crippen molar-refractivity contribution >= 4 is 5.97 Å². The second kappa shape index (κ2) is 4.00. The van der Waals surface area contributed by atoms with Gasteiger partial charge in [0.25, 0.3) is 0 Å². The molecule has 0 radical (unpaired) electrons. The van der Waals surface area contributed by atoms with Crippen LogP contribution in [0.15, 0.2) is 4.52 Å². The molecule has 82 valence electrons. The van der Waals surface area contributed by atoms with Crippen LogP contribution in [0.3, 0.4) is 0 Å². The van der Waals surface area contributed by atoms with E-state index in [2.05, 4.69) is 5.16 Å². The van der Waals surface area contributed by atoms with Crippen LogP contribution in [-0.4, -0.2) is 28.9 Å². The van der Waals surface area contributed by atoms with E-state index in [1.807, 2.05) is 0 Å². The average molecular weight is 212 g/mol. The third-order valence-corrected chi connectivity index (χ3v) is 2.40. The predicted molar refractivity (Wildman–Crippen MR) is 49.2 cm³/mol. The summed E-state index contributed by atoms with van der Waals surface area (Å²) in [4.78, 5) is 10.6. The summed E-state index contributed by atoms with van der Waals surface area (Å²) < 4.78 is 10.3. The largest absolute Gasteiger partial charge is 0.480 e. The van der Waals surface area contributed by atoms with Crippen molar-refractivity contribution in [2.75, 3.05) is 6.61 Å². The third kappa shape index (κ3) is 2.00. The molecule has 0 bridgehead atoms. The molecule has 6 nitrogen and oxygen atoms in total. The molecular formula is C9H12N2O4. The van der Waals surface area contributed by atoms with Crippen LogP contribution < -0.4 is 5.73 Å². The van der Waals surface area contributed by atoms with Crippen LogP contribution in [0.2, 0.25) is 0 Å². The monoisotopic (exact) mass is 212 g/mol. The highest BCUT2D eigenvalue weighted by Crippen LogP contribution is 2.21. The predicted octanol–water partition coefficient (Wildman–Crippen LogP) is -0.298. The zero-order valence-corrected chi connectivity index (χ0v) is 8.10. The van der Waals surface area contributed by atoms with E-state index in [1.54, 1.807) is 0 Å². The van der Waals surface area contributed by atoms with Gasteiger partial charge in [-0.05, 0) is 0 Å². The molecule has 15 heavy (non-hydrogen) atoms. The number of nitrogens with two attached hydrogens (primary N) is 1. The van der Waals surface area contributed by atoms with Crippen LogP contribution in [-0.2, 0) is 29.0 Å². The van der Waals surface area contributed by atoms with Gasteiger partial charge in [0.15, 0.2) is 0 Å². The molecule has 1 atom stereocenters. The van der Waals surface area contributed by atoms with Crippen LogP contribution in [0.25, 0.3) is 0 Å². The Morgan fingerprint density at radius 2 is 2.47 bits per heavy atom. The SMILES string of the molecule is NC(Cc1onc2c1COCC2)C(=O)O. The molecule has 0 fully saturated rings. The molecule has 0 saturated heterocycles. The fraction of sp³-hybridized carbons (Fsp3) is 0.556. The minimum absolute atomic E-state index is 0.154. The Morgan fingerprint density at radius 1 is 1.67 bits per heavy atom. The number of ether oxygens (including phenoxy) is 1. The molecular weight excluding hydrogens is 200 g/mol. The van der Waals surface area contributed by atoms with Gasteiger partial charge >= 0.3 is 5.97 Å². The zero-order chi connectivity index (χ0) is 10.8. The van der Waals surface area contributed by atoms with Crippen LogP contribution in [0.4, 0.5) is 0 Å². The number of aliphatic carboxylic acids is 1. The molecule has 1 aromatic rings. The van der Waals surface area contributed by atoms with Gasteiger partial charge in [-0.25, -0.2) is 0 Å². The maximum atomic E-state index is 10.6. The topological polar surface area (TPSA) is 98.6 Å². The van der Waals surface area contributed by atoms with Crippen LogP contribution in [0, 0.1) is 0 Å². The lowest BCUT2D eigenvalue weighted by atomic mass is 10.1. The van der Waals surface area contributed by atoms with Gasteiger partial charge in [0.2, 0.25) is 0 Å². The van der Waals surface area contributed by atoms with Crippen LogP contribution in [0.5, 0.6) is 0 Å². The quantitative estimate of drug-likeness (QED) is 0.713. The summed E-state index contributed by atoms with van der Waals surface area (Å²) in [6.45, 7) is 1.06. The Labute approximate surface area is 86.0 Å². The number of aromatic nitrogens is 1. The highest BCUT2D eigenvalue weighted by molar-refractivity contribution is 5.73. The summed E-state index contributed by atoms with van der Waals surface area (Å²) in [5.74, 6) is -0.517. The summed E-state index contributed by atoms with van der Waals surface area (Å²) in [6, 6.07) is -0.955. The van der Waals surface area contributed by atoms with Gasteiger partial charge in [-0.2, -0.15) is 0 Å². The number of hydrogen-bond acceptors (Lipinski definition) is 5. The second-order valence-electron chi connectivity index (χ2n) is 3.48. The highest BCUT2D eigenvalue weighted by atomic mass is 16.5. The molecule has 0 saturated carbocycles. The summed E-state index contributed by atoms with van der Waals surface area (Å²) >= 11 is 0. The fourth-order valence-corrected chi connectivity index (χ4v) is 1.53. The molecule has 1 unspecified atom stereocenters. The van der Waals surface area contributed by atoms with Gasteiger partial charge in [-0.15, -0.1) is 0 Å². The van der Waals surface area contributed by atoms with Crippen LogP contribution in [0.1, 0.15) is 17.0 Å². The van der Waals surface area contributed by atoms with E-state index in [-0.39, 0.29) is 6.42 Å². The first-order chi connectivity index (χ1) is 7.18. The van der Waals surface area contributed by atoms with Gasteiger partial charge < -0.3 is 20.1 Å². The fourth-order valence-electron chi connectivity index (χ4n) is 1.53.